The topological polar surface area (TPSA) is 67.6 Å². The highest BCUT2D eigenvalue weighted by atomic mass is 16.3. The molecule has 0 spiro atoms. The highest BCUT2D eigenvalue weighted by molar-refractivity contribution is 6.04. The predicted octanol–water partition coefficient (Wildman–Crippen LogP) is 6.05. The number of furan rings is 1. The van der Waals surface area contributed by atoms with Crippen LogP contribution in [0.15, 0.2) is 89.7 Å². The van der Waals surface area contributed by atoms with Crippen LogP contribution in [0.2, 0.25) is 0 Å². The van der Waals surface area contributed by atoms with Crippen molar-refractivity contribution in [3.05, 3.63) is 90.9 Å². The zero-order chi connectivity index (χ0) is 20.8. The number of nitrogens with zero attached hydrogens (tertiary/aromatic N) is 4. The number of pyridine rings is 1. The van der Waals surface area contributed by atoms with Crippen molar-refractivity contribution in [2.75, 3.05) is 0 Å². The largest absolute Gasteiger partial charge is 0.456 e. The van der Waals surface area contributed by atoms with Crippen LogP contribution in [-0.2, 0) is 6.42 Å². The highest BCUT2D eigenvalue weighted by Crippen LogP contribution is 2.32. The number of para-hydroxylation sites is 1. The van der Waals surface area contributed by atoms with Gasteiger partial charge in [-0.15, -0.1) is 0 Å². The van der Waals surface area contributed by atoms with E-state index < -0.39 is 0 Å². The summed E-state index contributed by atoms with van der Waals surface area (Å²) < 4.78 is 8.15. The van der Waals surface area contributed by atoms with Crippen molar-refractivity contribution in [3.8, 4) is 23.1 Å². The van der Waals surface area contributed by atoms with Crippen LogP contribution >= 0.6 is 0 Å². The summed E-state index contributed by atoms with van der Waals surface area (Å²) in [6.07, 6.45) is 4.02. The van der Waals surface area contributed by atoms with E-state index in [0.717, 1.165) is 55.5 Å². The molecule has 0 aliphatic rings. The SMILES string of the molecule is N#CCc1ccc(-n2cnc3cnc4ccc(-c5cc6ccccc6o5)cc4c32)cc1. The molecule has 3 aromatic heterocycles. The summed E-state index contributed by atoms with van der Waals surface area (Å²) in [5, 5.41) is 11.0. The normalized spacial score (nSPS) is 11.3. The van der Waals surface area contributed by atoms with Gasteiger partial charge in [0.25, 0.3) is 0 Å². The quantitative estimate of drug-likeness (QED) is 0.362. The Hall–Kier alpha value is -4.43. The van der Waals surface area contributed by atoms with Crippen molar-refractivity contribution in [2.45, 2.75) is 6.42 Å². The number of nitriles is 1. The Balaban J connectivity index is 1.55. The second-order valence-corrected chi connectivity index (χ2v) is 7.49. The Labute approximate surface area is 177 Å². The lowest BCUT2D eigenvalue weighted by Crippen LogP contribution is -1.94. The molecule has 3 aromatic carbocycles. The predicted molar refractivity (Wildman–Crippen MR) is 121 cm³/mol. The fourth-order valence-electron chi connectivity index (χ4n) is 4.03. The van der Waals surface area contributed by atoms with Gasteiger partial charge in [-0.05, 0) is 48.0 Å². The van der Waals surface area contributed by atoms with Gasteiger partial charge in [-0.1, -0.05) is 30.3 Å². The summed E-state index contributed by atoms with van der Waals surface area (Å²) >= 11 is 0. The molecule has 0 radical (unpaired) electrons. The molecule has 0 N–H and O–H groups in total. The molecule has 6 aromatic rings. The van der Waals surface area contributed by atoms with Crippen LogP contribution in [0.3, 0.4) is 0 Å². The first kappa shape index (κ1) is 17.4. The van der Waals surface area contributed by atoms with Crippen LogP contribution in [0.1, 0.15) is 5.56 Å². The third-order valence-corrected chi connectivity index (χ3v) is 5.58. The molecule has 146 valence electrons. The average Bonchev–Trinajstić information content (AvgIpc) is 3.44. The molecule has 0 amide bonds. The van der Waals surface area contributed by atoms with Crippen molar-refractivity contribution < 1.29 is 4.42 Å². The van der Waals surface area contributed by atoms with Gasteiger partial charge in [-0.25, -0.2) is 4.98 Å². The first-order valence-corrected chi connectivity index (χ1v) is 10.0. The van der Waals surface area contributed by atoms with E-state index in [-0.39, 0.29) is 0 Å². The maximum absolute atomic E-state index is 8.92. The van der Waals surface area contributed by atoms with E-state index in [0.29, 0.717) is 6.42 Å². The minimum atomic E-state index is 0.401. The van der Waals surface area contributed by atoms with Crippen molar-refractivity contribution in [3.63, 3.8) is 0 Å². The molecule has 3 heterocycles. The minimum absolute atomic E-state index is 0.401. The molecular weight excluding hydrogens is 384 g/mol. The lowest BCUT2D eigenvalue weighted by atomic mass is 10.1. The van der Waals surface area contributed by atoms with Crippen LogP contribution in [0.4, 0.5) is 0 Å². The molecule has 0 unspecified atom stereocenters. The number of hydrogen-bond acceptors (Lipinski definition) is 4. The third-order valence-electron chi connectivity index (χ3n) is 5.58. The number of imidazole rings is 1. The molecule has 0 atom stereocenters. The molecule has 5 nitrogen and oxygen atoms in total. The molecule has 0 saturated carbocycles. The summed E-state index contributed by atoms with van der Waals surface area (Å²) in [4.78, 5) is 9.16. The summed E-state index contributed by atoms with van der Waals surface area (Å²) in [6, 6.07) is 26.4. The maximum Gasteiger partial charge on any atom is 0.135 e. The van der Waals surface area contributed by atoms with E-state index >= 15 is 0 Å². The first-order valence-electron chi connectivity index (χ1n) is 10.0. The summed E-state index contributed by atoms with van der Waals surface area (Å²) in [6.45, 7) is 0. The van der Waals surface area contributed by atoms with Crippen LogP contribution in [-0.4, -0.2) is 14.5 Å². The van der Waals surface area contributed by atoms with Crippen LogP contribution in [0.5, 0.6) is 0 Å². The van der Waals surface area contributed by atoms with Crippen molar-refractivity contribution in [2.24, 2.45) is 0 Å². The first-order chi connectivity index (χ1) is 15.3. The van der Waals surface area contributed by atoms with E-state index in [1.54, 1.807) is 6.20 Å². The second-order valence-electron chi connectivity index (χ2n) is 7.49. The zero-order valence-electron chi connectivity index (χ0n) is 16.5. The lowest BCUT2D eigenvalue weighted by molar-refractivity contribution is 0.631. The molecule has 5 heteroatoms. The highest BCUT2D eigenvalue weighted by Gasteiger charge is 2.13. The monoisotopic (exact) mass is 400 g/mol. The Kier molecular flexibility index (Phi) is 3.84. The maximum atomic E-state index is 8.92. The Morgan fingerprint density at radius 3 is 2.61 bits per heavy atom. The van der Waals surface area contributed by atoms with Gasteiger partial charge in [0.2, 0.25) is 0 Å². The molecule has 0 fully saturated rings. The van der Waals surface area contributed by atoms with E-state index in [2.05, 4.69) is 32.7 Å². The summed E-state index contributed by atoms with van der Waals surface area (Å²) in [7, 11) is 0. The fraction of sp³-hybridized carbons (Fsp3) is 0.0385. The fourth-order valence-corrected chi connectivity index (χ4v) is 4.03. The van der Waals surface area contributed by atoms with Gasteiger partial charge in [0, 0.05) is 22.0 Å². The molecule has 0 saturated heterocycles. The van der Waals surface area contributed by atoms with Gasteiger partial charge in [-0.3, -0.25) is 9.55 Å². The molecule has 0 aliphatic carbocycles. The zero-order valence-corrected chi connectivity index (χ0v) is 16.5. The molecule has 6 rings (SSSR count). The van der Waals surface area contributed by atoms with Gasteiger partial charge < -0.3 is 4.42 Å². The second kappa shape index (κ2) is 6.82. The Morgan fingerprint density at radius 1 is 0.903 bits per heavy atom. The van der Waals surface area contributed by atoms with E-state index in [1.165, 1.54) is 0 Å². The number of fused-ring (bicyclic) bond motifs is 4. The van der Waals surface area contributed by atoms with Crippen molar-refractivity contribution in [1.82, 2.24) is 14.5 Å². The summed E-state index contributed by atoms with van der Waals surface area (Å²) in [5.41, 5.74) is 6.58. The molecule has 31 heavy (non-hydrogen) atoms. The van der Waals surface area contributed by atoms with E-state index in [1.807, 2.05) is 67.0 Å². The third kappa shape index (κ3) is 2.85. The van der Waals surface area contributed by atoms with Gasteiger partial charge in [0.15, 0.2) is 0 Å². The van der Waals surface area contributed by atoms with Gasteiger partial charge >= 0.3 is 0 Å². The van der Waals surface area contributed by atoms with Gasteiger partial charge in [-0.2, -0.15) is 5.26 Å². The van der Waals surface area contributed by atoms with Crippen LogP contribution in [0, 0.1) is 11.3 Å². The molecular formula is C26H16N4O. The van der Waals surface area contributed by atoms with Crippen molar-refractivity contribution in [1.29, 1.82) is 5.26 Å². The standard InChI is InChI=1S/C26H16N4O/c27-12-11-17-5-8-20(9-6-17)30-16-29-23-15-28-22-10-7-19(13-21(22)26(23)30)25-14-18-3-1-2-4-24(18)31-25/h1-10,13-16H,11H2. The number of aromatic nitrogens is 3. The number of rotatable bonds is 3. The summed E-state index contributed by atoms with van der Waals surface area (Å²) in [5.74, 6) is 0.826. The molecule has 0 aliphatic heterocycles. The lowest BCUT2D eigenvalue weighted by Gasteiger charge is -2.08. The number of hydrogen-bond donors (Lipinski definition) is 0. The van der Waals surface area contributed by atoms with Gasteiger partial charge in [0.1, 0.15) is 23.2 Å². The van der Waals surface area contributed by atoms with Crippen LogP contribution in [0.25, 0.3) is 49.9 Å². The van der Waals surface area contributed by atoms with Crippen molar-refractivity contribution >= 4 is 32.9 Å². The Bertz CT molecular complexity index is 1580. The van der Waals surface area contributed by atoms with Crippen LogP contribution < -0.4 is 0 Å². The van der Waals surface area contributed by atoms with E-state index in [9.17, 15) is 0 Å². The Morgan fingerprint density at radius 2 is 1.77 bits per heavy atom. The smallest absolute Gasteiger partial charge is 0.135 e. The average molecular weight is 400 g/mol. The molecule has 0 bridgehead atoms. The van der Waals surface area contributed by atoms with E-state index in [4.69, 9.17) is 9.68 Å². The van der Waals surface area contributed by atoms with Gasteiger partial charge in [0.05, 0.1) is 29.7 Å². The number of benzene rings is 3. The minimum Gasteiger partial charge on any atom is -0.456 e.